The minimum Gasteiger partial charge on any atom is -0.462 e. The second-order valence-corrected chi connectivity index (χ2v) is 10.1. The van der Waals surface area contributed by atoms with Gasteiger partial charge in [0.1, 0.15) is 9.88 Å². The Labute approximate surface area is 230 Å². The Kier molecular flexibility index (Phi) is 8.43. The molecule has 0 bridgehead atoms. The molecule has 0 unspecified atom stereocenters. The molecule has 10 heteroatoms. The molecule has 0 radical (unpaired) electrons. The topological polar surface area (TPSA) is 94.5 Å². The number of carbonyl (C=O) groups is 2. The smallest absolute Gasteiger partial charge is 0.348 e. The molecule has 2 aromatic heterocycles. The van der Waals surface area contributed by atoms with E-state index in [0.717, 1.165) is 28.4 Å². The number of aryl methyl sites for hydroxylation is 1. The van der Waals surface area contributed by atoms with Crippen LogP contribution >= 0.6 is 23.6 Å². The van der Waals surface area contributed by atoms with Gasteiger partial charge in [0, 0.05) is 0 Å². The summed E-state index contributed by atoms with van der Waals surface area (Å²) in [5.74, 6) is -1.02. The van der Waals surface area contributed by atoms with Crippen LogP contribution in [-0.4, -0.2) is 40.0 Å². The third kappa shape index (κ3) is 5.56. The highest BCUT2D eigenvalue weighted by Gasteiger charge is 2.27. The molecular formula is C28H30N4O4S2. The van der Waals surface area contributed by atoms with E-state index in [0.29, 0.717) is 22.0 Å². The quantitative estimate of drug-likeness (QED) is 0.197. The van der Waals surface area contributed by atoms with Crippen LogP contribution in [0.2, 0.25) is 0 Å². The lowest BCUT2D eigenvalue weighted by molar-refractivity contribution is 0.0527. The summed E-state index contributed by atoms with van der Waals surface area (Å²) in [6, 6.07) is 14.5. The summed E-state index contributed by atoms with van der Waals surface area (Å²) in [5.41, 5.74) is 4.41. The van der Waals surface area contributed by atoms with Crippen LogP contribution < -0.4 is 10.6 Å². The van der Waals surface area contributed by atoms with E-state index in [1.807, 2.05) is 30.7 Å². The Bertz CT molecular complexity index is 1520. The van der Waals surface area contributed by atoms with Crippen LogP contribution in [-0.2, 0) is 16.0 Å². The molecule has 0 amide bonds. The van der Waals surface area contributed by atoms with Crippen molar-refractivity contribution in [1.82, 2.24) is 9.78 Å². The maximum absolute atomic E-state index is 12.7. The van der Waals surface area contributed by atoms with E-state index in [1.54, 1.807) is 20.8 Å². The highest BCUT2D eigenvalue weighted by Crippen LogP contribution is 2.35. The summed E-state index contributed by atoms with van der Waals surface area (Å²) in [5, 5.41) is 14.1. The molecule has 4 rings (SSSR count). The largest absolute Gasteiger partial charge is 0.462 e. The Morgan fingerprint density at radius 1 is 0.974 bits per heavy atom. The monoisotopic (exact) mass is 550 g/mol. The van der Waals surface area contributed by atoms with Gasteiger partial charge in [0.2, 0.25) is 0 Å². The van der Waals surface area contributed by atoms with Crippen molar-refractivity contribution in [3.8, 4) is 0 Å². The maximum Gasteiger partial charge on any atom is 0.348 e. The summed E-state index contributed by atoms with van der Waals surface area (Å²) < 4.78 is 12.3. The molecular weight excluding hydrogens is 520 g/mol. The van der Waals surface area contributed by atoms with Gasteiger partial charge in [-0.25, -0.2) is 9.59 Å². The number of hydrogen-bond acceptors (Lipinski definition) is 7. The van der Waals surface area contributed by atoms with E-state index in [9.17, 15) is 9.59 Å². The highest BCUT2D eigenvalue weighted by molar-refractivity contribution is 7.80. The number of aromatic nitrogens is 2. The van der Waals surface area contributed by atoms with Crippen LogP contribution in [0.1, 0.15) is 56.4 Å². The maximum atomic E-state index is 12.7. The predicted octanol–water partition coefficient (Wildman–Crippen LogP) is 6.23. The lowest BCUT2D eigenvalue weighted by Gasteiger charge is -2.12. The number of anilines is 2. The minimum absolute atomic E-state index is 0.208. The summed E-state index contributed by atoms with van der Waals surface area (Å²) in [6.45, 7) is 10.1. The first kappa shape index (κ1) is 27.3. The molecule has 38 heavy (non-hydrogen) atoms. The number of carbonyl (C=O) groups excluding carboxylic acids is 2. The minimum atomic E-state index is -0.530. The van der Waals surface area contributed by atoms with Crippen molar-refractivity contribution >= 4 is 62.1 Å². The van der Waals surface area contributed by atoms with Gasteiger partial charge in [-0.05, 0) is 68.7 Å². The fourth-order valence-corrected chi connectivity index (χ4v) is 5.68. The number of nitrogens with zero attached hydrogens (tertiary/aromatic N) is 2. The fourth-order valence-electron chi connectivity index (χ4n) is 4.31. The molecule has 0 aliphatic carbocycles. The molecule has 0 atom stereocenters. The molecule has 198 valence electrons. The number of fused-ring (bicyclic) bond motifs is 1. The molecule has 0 saturated heterocycles. The number of rotatable bonds is 8. The Hall–Kier alpha value is -3.76. The fraction of sp³-hybridized carbons (Fsp3) is 0.286. The van der Waals surface area contributed by atoms with E-state index >= 15 is 0 Å². The number of thiophene rings is 1. The first-order valence-electron chi connectivity index (χ1n) is 12.3. The number of esters is 2. The van der Waals surface area contributed by atoms with Crippen molar-refractivity contribution in [2.45, 2.75) is 41.2 Å². The summed E-state index contributed by atoms with van der Waals surface area (Å²) in [6.07, 6.45) is 0. The Morgan fingerprint density at radius 3 is 2.39 bits per heavy atom. The summed E-state index contributed by atoms with van der Waals surface area (Å²) in [7, 11) is 0. The van der Waals surface area contributed by atoms with Gasteiger partial charge in [-0.1, -0.05) is 42.5 Å². The van der Waals surface area contributed by atoms with Crippen molar-refractivity contribution in [3.63, 3.8) is 0 Å². The second-order valence-electron chi connectivity index (χ2n) is 8.62. The standard InChI is InChI=1S/C28H30N4O4S2/c1-6-35-26(33)22-16(3)24(27(34)36-7-2)38-25(22)30-28(37)29-23-17(4)31-32(18(23)5)15-20-13-10-12-19-11-8-9-14-21(19)20/h8-14H,6-7,15H2,1-5H3,(H2,29,30,37). The van der Waals surface area contributed by atoms with Crippen molar-refractivity contribution in [2.24, 2.45) is 0 Å². The first-order chi connectivity index (χ1) is 18.2. The average Bonchev–Trinajstić information content (AvgIpc) is 3.35. The first-order valence-corrected chi connectivity index (χ1v) is 13.5. The van der Waals surface area contributed by atoms with Crippen molar-refractivity contribution < 1.29 is 19.1 Å². The van der Waals surface area contributed by atoms with Crippen LogP contribution in [0.15, 0.2) is 42.5 Å². The predicted molar refractivity (Wildman–Crippen MR) is 156 cm³/mol. The highest BCUT2D eigenvalue weighted by atomic mass is 32.1. The lowest BCUT2D eigenvalue weighted by atomic mass is 10.0. The number of ether oxygens (including phenoxy) is 2. The molecule has 0 saturated carbocycles. The number of thiocarbonyl (C=S) groups is 1. The van der Waals surface area contributed by atoms with Crippen LogP contribution in [0.3, 0.4) is 0 Å². The van der Waals surface area contributed by atoms with Gasteiger partial charge in [-0.2, -0.15) is 5.10 Å². The van der Waals surface area contributed by atoms with Crippen LogP contribution in [0, 0.1) is 20.8 Å². The molecule has 4 aromatic rings. The average molecular weight is 551 g/mol. The summed E-state index contributed by atoms with van der Waals surface area (Å²) >= 11 is 6.71. The van der Waals surface area contributed by atoms with E-state index in [4.69, 9.17) is 26.8 Å². The van der Waals surface area contributed by atoms with E-state index in [1.165, 1.54) is 16.3 Å². The van der Waals surface area contributed by atoms with Gasteiger partial charge in [0.05, 0.1) is 42.4 Å². The summed E-state index contributed by atoms with van der Waals surface area (Å²) in [4.78, 5) is 25.5. The normalized spacial score (nSPS) is 10.9. The second kappa shape index (κ2) is 11.7. The lowest BCUT2D eigenvalue weighted by Crippen LogP contribution is -2.21. The number of hydrogen-bond donors (Lipinski definition) is 2. The SMILES string of the molecule is CCOC(=O)c1sc(NC(=S)Nc2c(C)nn(Cc3cccc4ccccc34)c2C)c(C(=O)OCC)c1C. The molecule has 2 heterocycles. The van der Waals surface area contributed by atoms with E-state index in [-0.39, 0.29) is 23.9 Å². The van der Waals surface area contributed by atoms with E-state index in [2.05, 4.69) is 41.0 Å². The Balaban J connectivity index is 1.58. The van der Waals surface area contributed by atoms with Gasteiger partial charge in [-0.3, -0.25) is 4.68 Å². The zero-order valence-electron chi connectivity index (χ0n) is 22.0. The molecule has 2 aromatic carbocycles. The third-order valence-corrected chi connectivity index (χ3v) is 7.53. The van der Waals surface area contributed by atoms with Gasteiger partial charge in [0.25, 0.3) is 0 Å². The van der Waals surface area contributed by atoms with Crippen LogP contribution in [0.5, 0.6) is 0 Å². The third-order valence-electron chi connectivity index (χ3n) is 6.13. The zero-order valence-corrected chi connectivity index (χ0v) is 23.6. The van der Waals surface area contributed by atoms with Crippen molar-refractivity contribution in [1.29, 1.82) is 0 Å². The Morgan fingerprint density at radius 2 is 1.66 bits per heavy atom. The van der Waals surface area contributed by atoms with Gasteiger partial charge < -0.3 is 20.1 Å². The van der Waals surface area contributed by atoms with Gasteiger partial charge in [-0.15, -0.1) is 11.3 Å². The molecule has 0 aliphatic rings. The number of nitrogens with one attached hydrogen (secondary N) is 2. The van der Waals surface area contributed by atoms with Crippen LogP contribution in [0.25, 0.3) is 10.8 Å². The molecule has 0 fully saturated rings. The molecule has 0 spiro atoms. The van der Waals surface area contributed by atoms with Crippen LogP contribution in [0.4, 0.5) is 10.7 Å². The van der Waals surface area contributed by atoms with E-state index < -0.39 is 11.9 Å². The number of benzene rings is 2. The van der Waals surface area contributed by atoms with Crippen molar-refractivity contribution in [3.05, 3.63) is 75.4 Å². The molecule has 2 N–H and O–H groups in total. The zero-order chi connectivity index (χ0) is 27.4. The molecule has 8 nitrogen and oxygen atoms in total. The van der Waals surface area contributed by atoms with Gasteiger partial charge >= 0.3 is 11.9 Å². The van der Waals surface area contributed by atoms with Gasteiger partial charge in [0.15, 0.2) is 5.11 Å². The van der Waals surface area contributed by atoms with Crippen molar-refractivity contribution in [2.75, 3.05) is 23.8 Å². The molecule has 0 aliphatic heterocycles.